The van der Waals surface area contributed by atoms with Gasteiger partial charge < -0.3 is 5.11 Å². The van der Waals surface area contributed by atoms with Gasteiger partial charge in [-0.15, -0.1) is 10.2 Å². The second kappa shape index (κ2) is 8.73. The molecule has 0 amide bonds. The van der Waals surface area contributed by atoms with E-state index in [1.807, 2.05) is 72.2 Å². The maximum atomic E-state index is 11.0. The highest BCUT2D eigenvalue weighted by atomic mass is 35.5. The highest BCUT2D eigenvalue weighted by molar-refractivity contribution is 7.98. The zero-order chi connectivity index (χ0) is 21.1. The van der Waals surface area contributed by atoms with E-state index in [0.29, 0.717) is 10.8 Å². The molecule has 30 heavy (non-hydrogen) atoms. The van der Waals surface area contributed by atoms with Gasteiger partial charge in [0.25, 0.3) is 0 Å². The average Bonchev–Trinajstić information content (AvgIpc) is 3.17. The van der Waals surface area contributed by atoms with E-state index >= 15 is 0 Å². The molecule has 0 unspecified atom stereocenters. The maximum Gasteiger partial charge on any atom is 0.335 e. The van der Waals surface area contributed by atoms with E-state index in [4.69, 9.17) is 16.7 Å². The number of hydrogen-bond donors (Lipinski definition) is 1. The van der Waals surface area contributed by atoms with Crippen LogP contribution in [0.25, 0.3) is 17.1 Å². The van der Waals surface area contributed by atoms with E-state index in [-0.39, 0.29) is 5.56 Å². The van der Waals surface area contributed by atoms with E-state index in [1.54, 1.807) is 12.1 Å². The molecular formula is C23H18ClN3O2S. The summed E-state index contributed by atoms with van der Waals surface area (Å²) in [7, 11) is 0. The number of hydrogen-bond acceptors (Lipinski definition) is 4. The number of rotatable bonds is 6. The Kier molecular flexibility index (Phi) is 5.88. The Morgan fingerprint density at radius 3 is 2.43 bits per heavy atom. The molecule has 7 heteroatoms. The zero-order valence-electron chi connectivity index (χ0n) is 16.1. The summed E-state index contributed by atoms with van der Waals surface area (Å²) in [6.45, 7) is 2.04. The van der Waals surface area contributed by atoms with Crippen molar-refractivity contribution in [2.24, 2.45) is 0 Å². The van der Waals surface area contributed by atoms with E-state index in [9.17, 15) is 4.79 Å². The second-order valence-electron chi connectivity index (χ2n) is 6.78. The van der Waals surface area contributed by atoms with Gasteiger partial charge >= 0.3 is 5.97 Å². The lowest BCUT2D eigenvalue weighted by molar-refractivity contribution is 0.0697. The molecule has 5 nitrogen and oxygen atoms in total. The molecule has 0 aliphatic rings. The smallest absolute Gasteiger partial charge is 0.335 e. The number of halogens is 1. The third-order valence-corrected chi connectivity index (χ3v) is 5.81. The molecule has 0 bridgehead atoms. The van der Waals surface area contributed by atoms with E-state index in [2.05, 4.69) is 10.2 Å². The van der Waals surface area contributed by atoms with Crippen LogP contribution in [0.4, 0.5) is 0 Å². The molecule has 3 aromatic carbocycles. The standard InChI is InChI=1S/C23H18ClN3O2S/c1-15-5-9-17(10-6-15)21-25-26-23(27(21)20-4-2-3-19(24)13-20)30-14-16-7-11-18(12-8-16)22(28)29/h2-13H,14H2,1H3,(H,28,29). The highest BCUT2D eigenvalue weighted by Gasteiger charge is 2.16. The van der Waals surface area contributed by atoms with Crippen LogP contribution in [0.1, 0.15) is 21.5 Å². The van der Waals surface area contributed by atoms with Crippen LogP contribution in [-0.4, -0.2) is 25.8 Å². The molecule has 1 heterocycles. The summed E-state index contributed by atoms with van der Waals surface area (Å²) in [6, 6.07) is 22.6. The predicted octanol–water partition coefficient (Wildman–Crippen LogP) is 5.89. The fourth-order valence-corrected chi connectivity index (χ4v) is 4.08. The minimum absolute atomic E-state index is 0.271. The minimum atomic E-state index is -0.933. The van der Waals surface area contributed by atoms with Gasteiger partial charge in [-0.2, -0.15) is 0 Å². The third kappa shape index (κ3) is 4.40. The monoisotopic (exact) mass is 435 g/mol. The lowest BCUT2D eigenvalue weighted by atomic mass is 10.1. The highest BCUT2D eigenvalue weighted by Crippen LogP contribution is 2.30. The summed E-state index contributed by atoms with van der Waals surface area (Å²) in [4.78, 5) is 11.0. The van der Waals surface area contributed by atoms with Crippen molar-refractivity contribution in [1.29, 1.82) is 0 Å². The molecule has 0 saturated carbocycles. The number of thioether (sulfide) groups is 1. The van der Waals surface area contributed by atoms with Crippen molar-refractivity contribution in [3.63, 3.8) is 0 Å². The van der Waals surface area contributed by atoms with Crippen LogP contribution < -0.4 is 0 Å². The first-order valence-corrected chi connectivity index (χ1v) is 10.6. The molecule has 0 atom stereocenters. The van der Waals surface area contributed by atoms with Gasteiger partial charge in [-0.1, -0.05) is 71.4 Å². The summed E-state index contributed by atoms with van der Waals surface area (Å²) >= 11 is 7.77. The quantitative estimate of drug-likeness (QED) is 0.382. The first-order valence-electron chi connectivity index (χ1n) is 9.25. The maximum absolute atomic E-state index is 11.0. The minimum Gasteiger partial charge on any atom is -0.478 e. The molecule has 1 aromatic heterocycles. The summed E-state index contributed by atoms with van der Waals surface area (Å²) in [6.07, 6.45) is 0. The van der Waals surface area contributed by atoms with Gasteiger partial charge in [-0.25, -0.2) is 4.79 Å². The summed E-state index contributed by atoms with van der Waals surface area (Å²) in [5.74, 6) is 0.436. The van der Waals surface area contributed by atoms with Crippen molar-refractivity contribution >= 4 is 29.3 Å². The zero-order valence-corrected chi connectivity index (χ0v) is 17.7. The largest absolute Gasteiger partial charge is 0.478 e. The van der Waals surface area contributed by atoms with Gasteiger partial charge in [0.1, 0.15) is 0 Å². The van der Waals surface area contributed by atoms with Crippen LogP contribution in [0.2, 0.25) is 5.02 Å². The van der Waals surface area contributed by atoms with Gasteiger partial charge in [0.05, 0.1) is 11.3 Å². The number of aromatic carboxylic acids is 1. The van der Waals surface area contributed by atoms with Crippen molar-refractivity contribution in [2.75, 3.05) is 0 Å². The molecule has 0 fully saturated rings. The predicted molar refractivity (Wildman–Crippen MR) is 120 cm³/mol. The number of nitrogens with zero attached hydrogens (tertiary/aromatic N) is 3. The van der Waals surface area contributed by atoms with Gasteiger partial charge in [0, 0.05) is 16.3 Å². The SMILES string of the molecule is Cc1ccc(-c2nnc(SCc3ccc(C(=O)O)cc3)n2-c2cccc(Cl)c2)cc1. The molecule has 0 aliphatic carbocycles. The molecule has 4 rings (SSSR count). The number of carboxylic acid groups (broad SMARTS) is 1. The summed E-state index contributed by atoms with van der Waals surface area (Å²) in [5, 5.41) is 19.3. The van der Waals surface area contributed by atoms with E-state index in [1.165, 1.54) is 17.3 Å². The number of aryl methyl sites for hydroxylation is 1. The van der Waals surface area contributed by atoms with Crippen molar-refractivity contribution in [1.82, 2.24) is 14.8 Å². The first-order chi connectivity index (χ1) is 14.5. The average molecular weight is 436 g/mol. The van der Waals surface area contributed by atoms with Crippen molar-refractivity contribution < 1.29 is 9.90 Å². The Hall–Kier alpha value is -3.09. The molecule has 150 valence electrons. The molecular weight excluding hydrogens is 418 g/mol. The Morgan fingerprint density at radius 2 is 1.77 bits per heavy atom. The lowest BCUT2D eigenvalue weighted by Crippen LogP contribution is -2.00. The molecule has 0 aliphatic heterocycles. The Labute approximate surface area is 183 Å². The second-order valence-corrected chi connectivity index (χ2v) is 8.16. The van der Waals surface area contributed by atoms with Crippen LogP contribution in [0, 0.1) is 6.92 Å². The molecule has 0 saturated heterocycles. The summed E-state index contributed by atoms with van der Waals surface area (Å²) < 4.78 is 1.99. The Morgan fingerprint density at radius 1 is 1.03 bits per heavy atom. The van der Waals surface area contributed by atoms with Gasteiger partial charge in [0.15, 0.2) is 11.0 Å². The van der Waals surface area contributed by atoms with Gasteiger partial charge in [-0.05, 0) is 42.8 Å². The van der Waals surface area contributed by atoms with Crippen molar-refractivity contribution in [2.45, 2.75) is 17.8 Å². The summed E-state index contributed by atoms with van der Waals surface area (Å²) in [5.41, 5.74) is 4.29. The van der Waals surface area contributed by atoms with Crippen LogP contribution in [0.3, 0.4) is 0 Å². The normalized spacial score (nSPS) is 10.9. The Bertz CT molecular complexity index is 1190. The fourth-order valence-electron chi connectivity index (χ4n) is 2.99. The van der Waals surface area contributed by atoms with Gasteiger partial charge in [-0.3, -0.25) is 4.57 Å². The van der Waals surface area contributed by atoms with E-state index < -0.39 is 5.97 Å². The molecule has 4 aromatic rings. The fraction of sp³-hybridized carbons (Fsp3) is 0.0870. The van der Waals surface area contributed by atoms with Crippen LogP contribution in [0.5, 0.6) is 0 Å². The molecule has 0 spiro atoms. The molecule has 1 N–H and O–H groups in total. The number of benzene rings is 3. The number of aromatic nitrogens is 3. The van der Waals surface area contributed by atoms with Crippen LogP contribution in [-0.2, 0) is 5.75 Å². The van der Waals surface area contributed by atoms with Gasteiger partial charge in [0.2, 0.25) is 0 Å². The van der Waals surface area contributed by atoms with E-state index in [0.717, 1.165) is 27.8 Å². The Balaban J connectivity index is 1.69. The van der Waals surface area contributed by atoms with Crippen LogP contribution >= 0.6 is 23.4 Å². The van der Waals surface area contributed by atoms with Crippen molar-refractivity contribution in [3.8, 4) is 17.1 Å². The number of carboxylic acids is 1. The van der Waals surface area contributed by atoms with Crippen molar-refractivity contribution in [3.05, 3.63) is 94.5 Å². The first kappa shape index (κ1) is 20.2. The van der Waals surface area contributed by atoms with Crippen LogP contribution in [0.15, 0.2) is 78.0 Å². The topological polar surface area (TPSA) is 68.0 Å². The third-order valence-electron chi connectivity index (χ3n) is 4.58. The molecule has 0 radical (unpaired) electrons. The lowest BCUT2D eigenvalue weighted by Gasteiger charge is -2.11. The number of carbonyl (C=O) groups is 1.